The second-order valence-corrected chi connectivity index (χ2v) is 4.23. The van der Waals surface area contributed by atoms with E-state index in [1.54, 1.807) is 6.07 Å². The molecule has 0 amide bonds. The number of aryl methyl sites for hydroxylation is 1. The van der Waals surface area contributed by atoms with Crippen molar-refractivity contribution in [3.63, 3.8) is 0 Å². The highest BCUT2D eigenvalue weighted by molar-refractivity contribution is 9.09. The summed E-state index contributed by atoms with van der Waals surface area (Å²) in [4.78, 5) is 11.7. The quantitative estimate of drug-likeness (QED) is 0.588. The number of rotatable bonds is 5. The molecule has 0 aromatic heterocycles. The van der Waals surface area contributed by atoms with Crippen LogP contribution in [0.2, 0.25) is 0 Å². The van der Waals surface area contributed by atoms with Crippen LogP contribution < -0.4 is 0 Å². The van der Waals surface area contributed by atoms with Gasteiger partial charge in [-0.15, -0.1) is 0 Å². The van der Waals surface area contributed by atoms with E-state index in [4.69, 9.17) is 0 Å². The van der Waals surface area contributed by atoms with Gasteiger partial charge in [0.2, 0.25) is 0 Å². The summed E-state index contributed by atoms with van der Waals surface area (Å²) in [6, 6.07) is 4.31. The van der Waals surface area contributed by atoms with Crippen LogP contribution in [0.5, 0.6) is 0 Å². The zero-order chi connectivity index (χ0) is 12.1. The summed E-state index contributed by atoms with van der Waals surface area (Å²) in [5, 5.41) is 0.549. The molecule has 1 aromatic carbocycles. The van der Waals surface area contributed by atoms with Crippen LogP contribution in [-0.4, -0.2) is 11.1 Å². The van der Waals surface area contributed by atoms with Crippen molar-refractivity contribution in [3.8, 4) is 0 Å². The van der Waals surface area contributed by atoms with Crippen LogP contribution in [0.3, 0.4) is 0 Å². The third kappa shape index (κ3) is 3.11. The van der Waals surface area contributed by atoms with Gasteiger partial charge in [0.15, 0.2) is 5.78 Å². The maximum atomic E-state index is 12.5. The van der Waals surface area contributed by atoms with Crippen molar-refractivity contribution in [2.45, 2.75) is 26.2 Å². The van der Waals surface area contributed by atoms with E-state index >= 15 is 0 Å². The highest BCUT2D eigenvalue weighted by atomic mass is 79.9. The van der Waals surface area contributed by atoms with Crippen LogP contribution in [0.15, 0.2) is 18.2 Å². The van der Waals surface area contributed by atoms with E-state index in [-0.39, 0.29) is 11.3 Å². The molecular weight excluding hydrogens is 278 g/mol. The van der Waals surface area contributed by atoms with Crippen molar-refractivity contribution in [2.24, 2.45) is 0 Å². The third-order valence-electron chi connectivity index (χ3n) is 2.39. The summed E-state index contributed by atoms with van der Waals surface area (Å²) in [5.74, 6) is -0.0868. The summed E-state index contributed by atoms with van der Waals surface area (Å²) in [7, 11) is 0. The summed E-state index contributed by atoms with van der Waals surface area (Å²) in [6.07, 6.45) is -1.52. The summed E-state index contributed by atoms with van der Waals surface area (Å²) < 4.78 is 25.0. The molecule has 16 heavy (non-hydrogen) atoms. The van der Waals surface area contributed by atoms with E-state index in [1.165, 1.54) is 12.1 Å². The Labute approximate surface area is 102 Å². The molecule has 0 spiro atoms. The van der Waals surface area contributed by atoms with Crippen molar-refractivity contribution in [2.75, 3.05) is 5.33 Å². The number of Topliss-reactive ketones (excluding diaryl/α,β-unsaturated/α-hetero) is 1. The number of carbonyl (C=O) groups is 1. The average molecular weight is 291 g/mol. The summed E-state index contributed by atoms with van der Waals surface area (Å²) in [5.41, 5.74) is 1.17. The molecule has 0 aliphatic rings. The SMILES string of the molecule is CCc1ccc(C(F)F)cc1C(=O)CCBr. The van der Waals surface area contributed by atoms with Crippen molar-refractivity contribution >= 4 is 21.7 Å². The standard InChI is InChI=1S/C12H13BrF2O/c1-2-8-3-4-9(12(14)15)7-10(8)11(16)5-6-13/h3-4,7,12H,2,5-6H2,1H3. The lowest BCUT2D eigenvalue weighted by Gasteiger charge is -2.08. The minimum absolute atomic E-state index is 0.0868. The molecule has 1 aromatic rings. The molecule has 0 radical (unpaired) electrons. The molecule has 0 bridgehead atoms. The fourth-order valence-electron chi connectivity index (χ4n) is 1.52. The number of benzene rings is 1. The molecule has 0 aliphatic heterocycles. The molecule has 1 rings (SSSR count). The Morgan fingerprint density at radius 3 is 2.62 bits per heavy atom. The van der Waals surface area contributed by atoms with Crippen LogP contribution in [0.4, 0.5) is 8.78 Å². The Morgan fingerprint density at radius 1 is 1.44 bits per heavy atom. The molecular formula is C12H13BrF2O. The minimum Gasteiger partial charge on any atom is -0.294 e. The van der Waals surface area contributed by atoms with Gasteiger partial charge in [0.05, 0.1) is 0 Å². The molecule has 1 nitrogen and oxygen atoms in total. The van der Waals surface area contributed by atoms with E-state index in [1.807, 2.05) is 6.92 Å². The first-order valence-electron chi connectivity index (χ1n) is 5.10. The molecule has 0 saturated heterocycles. The fourth-order valence-corrected chi connectivity index (χ4v) is 1.88. The van der Waals surface area contributed by atoms with Crippen molar-refractivity contribution in [3.05, 3.63) is 34.9 Å². The predicted molar refractivity (Wildman–Crippen MR) is 63.5 cm³/mol. The van der Waals surface area contributed by atoms with Crippen LogP contribution in [0, 0.1) is 0 Å². The molecule has 0 heterocycles. The lowest BCUT2D eigenvalue weighted by molar-refractivity contribution is 0.0988. The average Bonchev–Trinajstić information content (AvgIpc) is 2.28. The number of halogens is 3. The van der Waals surface area contributed by atoms with Gasteiger partial charge in [-0.1, -0.05) is 35.0 Å². The summed E-state index contributed by atoms with van der Waals surface area (Å²) in [6.45, 7) is 1.91. The molecule has 0 aliphatic carbocycles. The Morgan fingerprint density at radius 2 is 2.12 bits per heavy atom. The number of ketones is 1. The molecule has 0 saturated carbocycles. The van der Waals surface area contributed by atoms with Gasteiger partial charge in [0, 0.05) is 22.9 Å². The van der Waals surface area contributed by atoms with E-state index in [0.717, 1.165) is 5.56 Å². The fraction of sp³-hybridized carbons (Fsp3) is 0.417. The number of carbonyl (C=O) groups excluding carboxylic acids is 1. The first-order valence-corrected chi connectivity index (χ1v) is 6.22. The van der Waals surface area contributed by atoms with Crippen LogP contribution >= 0.6 is 15.9 Å². The van der Waals surface area contributed by atoms with E-state index in [0.29, 0.717) is 23.7 Å². The lowest BCUT2D eigenvalue weighted by Crippen LogP contribution is -2.05. The maximum Gasteiger partial charge on any atom is 0.263 e. The van der Waals surface area contributed by atoms with Gasteiger partial charge < -0.3 is 0 Å². The highest BCUT2D eigenvalue weighted by Crippen LogP contribution is 2.23. The molecule has 88 valence electrons. The Bertz CT molecular complexity index is 377. The molecule has 0 N–H and O–H groups in total. The van der Waals surface area contributed by atoms with Gasteiger partial charge in [0.1, 0.15) is 0 Å². The Hall–Kier alpha value is -0.770. The van der Waals surface area contributed by atoms with Gasteiger partial charge in [-0.2, -0.15) is 0 Å². The normalized spacial score (nSPS) is 10.8. The van der Waals surface area contributed by atoms with Gasteiger partial charge >= 0.3 is 0 Å². The largest absolute Gasteiger partial charge is 0.294 e. The second-order valence-electron chi connectivity index (χ2n) is 3.43. The van der Waals surface area contributed by atoms with Gasteiger partial charge in [0.25, 0.3) is 6.43 Å². The first-order chi connectivity index (χ1) is 7.60. The Balaban J connectivity index is 3.11. The van der Waals surface area contributed by atoms with Crippen molar-refractivity contribution < 1.29 is 13.6 Å². The molecule has 0 unspecified atom stereocenters. The van der Waals surface area contributed by atoms with Crippen LogP contribution in [-0.2, 0) is 6.42 Å². The van der Waals surface area contributed by atoms with Crippen molar-refractivity contribution in [1.82, 2.24) is 0 Å². The third-order valence-corrected chi connectivity index (χ3v) is 2.79. The zero-order valence-electron chi connectivity index (χ0n) is 8.97. The van der Waals surface area contributed by atoms with Crippen LogP contribution in [0.25, 0.3) is 0 Å². The van der Waals surface area contributed by atoms with Gasteiger partial charge in [-0.25, -0.2) is 8.78 Å². The smallest absolute Gasteiger partial charge is 0.263 e. The maximum absolute atomic E-state index is 12.5. The predicted octanol–water partition coefficient (Wildman–Crippen LogP) is 4.15. The highest BCUT2D eigenvalue weighted by Gasteiger charge is 2.14. The van der Waals surface area contributed by atoms with E-state index < -0.39 is 6.43 Å². The summed E-state index contributed by atoms with van der Waals surface area (Å²) >= 11 is 3.17. The number of hydrogen-bond acceptors (Lipinski definition) is 1. The van der Waals surface area contributed by atoms with Gasteiger partial charge in [-0.3, -0.25) is 4.79 Å². The number of alkyl halides is 3. The Kier molecular flexibility index (Phi) is 5.06. The van der Waals surface area contributed by atoms with E-state index in [9.17, 15) is 13.6 Å². The lowest BCUT2D eigenvalue weighted by atomic mass is 9.98. The minimum atomic E-state index is -2.53. The zero-order valence-corrected chi connectivity index (χ0v) is 10.6. The number of hydrogen-bond donors (Lipinski definition) is 0. The van der Waals surface area contributed by atoms with Gasteiger partial charge in [-0.05, 0) is 18.1 Å². The van der Waals surface area contributed by atoms with Crippen molar-refractivity contribution in [1.29, 1.82) is 0 Å². The van der Waals surface area contributed by atoms with E-state index in [2.05, 4.69) is 15.9 Å². The molecule has 4 heteroatoms. The van der Waals surface area contributed by atoms with Crippen LogP contribution in [0.1, 0.15) is 41.3 Å². The second kappa shape index (κ2) is 6.09. The topological polar surface area (TPSA) is 17.1 Å². The molecule has 0 fully saturated rings. The first kappa shape index (κ1) is 13.3. The molecule has 0 atom stereocenters. The monoisotopic (exact) mass is 290 g/mol.